The molecule has 0 amide bonds. The highest BCUT2D eigenvalue weighted by Crippen LogP contribution is 2.21. The first-order valence-corrected chi connectivity index (χ1v) is 11.3. The van der Waals surface area contributed by atoms with E-state index in [1.54, 1.807) is 37.4 Å². The number of hydrogen-bond acceptors (Lipinski definition) is 4. The molecule has 0 saturated heterocycles. The molecule has 0 saturated carbocycles. The van der Waals surface area contributed by atoms with Crippen LogP contribution in [-0.2, 0) is 23.1 Å². The summed E-state index contributed by atoms with van der Waals surface area (Å²) in [5.74, 6) is 0.220. The van der Waals surface area contributed by atoms with Crippen LogP contribution >= 0.6 is 0 Å². The highest BCUT2D eigenvalue weighted by molar-refractivity contribution is 7.89. The van der Waals surface area contributed by atoms with Gasteiger partial charge in [0.15, 0.2) is 5.65 Å². The second kappa shape index (κ2) is 8.20. The molecule has 0 unspecified atom stereocenters. The van der Waals surface area contributed by atoms with Crippen LogP contribution in [0.15, 0.2) is 59.6 Å². The van der Waals surface area contributed by atoms with E-state index >= 15 is 0 Å². The van der Waals surface area contributed by atoms with Gasteiger partial charge in [0.1, 0.15) is 17.2 Å². The molecule has 4 rings (SSSR count). The van der Waals surface area contributed by atoms with Crippen LogP contribution in [-0.4, -0.2) is 23.0 Å². The molecule has 0 aliphatic heterocycles. The quantitative estimate of drug-likeness (QED) is 0.493. The summed E-state index contributed by atoms with van der Waals surface area (Å²) in [4.78, 5) is 9.24. The Bertz CT molecular complexity index is 1360. The molecule has 0 fully saturated rings. The molecular weight excluding hydrogens is 415 g/mol. The molecule has 0 radical (unpaired) electrons. The van der Waals surface area contributed by atoms with Crippen molar-refractivity contribution in [1.29, 1.82) is 0 Å². The van der Waals surface area contributed by atoms with Crippen molar-refractivity contribution < 1.29 is 12.8 Å². The van der Waals surface area contributed by atoms with E-state index in [0.29, 0.717) is 29.1 Å². The number of fused-ring (bicyclic) bond motifs is 1. The summed E-state index contributed by atoms with van der Waals surface area (Å²) < 4.78 is 43.8. The molecule has 0 atom stereocenters. The molecule has 8 heteroatoms. The van der Waals surface area contributed by atoms with E-state index in [1.807, 2.05) is 30.5 Å². The summed E-state index contributed by atoms with van der Waals surface area (Å²) >= 11 is 0. The second-order valence-corrected chi connectivity index (χ2v) is 9.35. The van der Waals surface area contributed by atoms with Gasteiger partial charge in [-0.3, -0.25) is 0 Å². The van der Waals surface area contributed by atoms with Crippen molar-refractivity contribution in [3.8, 4) is 0 Å². The summed E-state index contributed by atoms with van der Waals surface area (Å²) in [5, 5.41) is 0. The van der Waals surface area contributed by atoms with Gasteiger partial charge in [0.05, 0.1) is 18.0 Å². The van der Waals surface area contributed by atoms with Crippen molar-refractivity contribution in [2.75, 3.05) is 0 Å². The average Bonchev–Trinajstić information content (AvgIpc) is 3.08. The van der Waals surface area contributed by atoms with Crippen molar-refractivity contribution in [1.82, 2.24) is 19.3 Å². The molecule has 0 bridgehead atoms. The third-order valence-corrected chi connectivity index (χ3v) is 6.88. The molecule has 160 valence electrons. The van der Waals surface area contributed by atoms with Gasteiger partial charge in [-0.15, -0.1) is 0 Å². The molecule has 2 aromatic carbocycles. The maximum atomic E-state index is 13.3. The number of hydrogen-bond donors (Lipinski definition) is 1. The Morgan fingerprint density at radius 2 is 1.71 bits per heavy atom. The zero-order valence-electron chi connectivity index (χ0n) is 17.6. The lowest BCUT2D eigenvalue weighted by Crippen LogP contribution is -2.26. The zero-order chi connectivity index (χ0) is 22.2. The minimum atomic E-state index is -3.73. The number of pyridine rings is 1. The Morgan fingerprint density at radius 3 is 2.45 bits per heavy atom. The summed E-state index contributed by atoms with van der Waals surface area (Å²) in [6.45, 7) is 6.03. The average molecular weight is 439 g/mol. The van der Waals surface area contributed by atoms with Crippen molar-refractivity contribution >= 4 is 21.2 Å². The van der Waals surface area contributed by atoms with Crippen molar-refractivity contribution in [2.45, 2.75) is 38.8 Å². The molecule has 4 aromatic rings. The van der Waals surface area contributed by atoms with Crippen molar-refractivity contribution in [3.63, 3.8) is 0 Å². The van der Waals surface area contributed by atoms with E-state index in [1.165, 1.54) is 12.1 Å². The first-order chi connectivity index (χ1) is 14.7. The maximum Gasteiger partial charge on any atom is 0.241 e. The minimum absolute atomic E-state index is 0.00620. The van der Waals surface area contributed by atoms with E-state index in [4.69, 9.17) is 0 Å². The van der Waals surface area contributed by atoms with Gasteiger partial charge in [-0.25, -0.2) is 27.5 Å². The largest absolute Gasteiger partial charge is 0.307 e. The molecule has 31 heavy (non-hydrogen) atoms. The van der Waals surface area contributed by atoms with Crippen LogP contribution < -0.4 is 4.72 Å². The maximum absolute atomic E-state index is 13.3. The van der Waals surface area contributed by atoms with Gasteiger partial charge in [0, 0.05) is 6.20 Å². The zero-order valence-corrected chi connectivity index (χ0v) is 18.4. The van der Waals surface area contributed by atoms with Gasteiger partial charge >= 0.3 is 0 Å². The number of aryl methyl sites for hydroxylation is 3. The van der Waals surface area contributed by atoms with Gasteiger partial charge in [0.2, 0.25) is 10.0 Å². The van der Waals surface area contributed by atoms with Crippen LogP contribution in [0.4, 0.5) is 4.39 Å². The minimum Gasteiger partial charge on any atom is -0.307 e. The lowest BCUT2D eigenvalue weighted by molar-refractivity contribution is 0.575. The van der Waals surface area contributed by atoms with E-state index < -0.39 is 10.0 Å². The molecule has 1 N–H and O–H groups in total. The molecule has 2 aromatic heterocycles. The standard InChI is InChI=1S/C23H23FN4O2S/c1-15-11-17(3)21(12-16(15)2)31(29,30)26-13-22-27-20-5-4-10-25-23(20)28(22)14-18-6-8-19(24)9-7-18/h4-12,26H,13-14H2,1-3H3. The summed E-state index contributed by atoms with van der Waals surface area (Å²) in [5.41, 5.74) is 4.82. The van der Waals surface area contributed by atoms with Gasteiger partial charge < -0.3 is 4.57 Å². The molecule has 2 heterocycles. The van der Waals surface area contributed by atoms with Crippen LogP contribution in [0.25, 0.3) is 11.2 Å². The number of aromatic nitrogens is 3. The number of imidazole rings is 1. The number of nitrogens with one attached hydrogen (secondary N) is 1. The Morgan fingerprint density at radius 1 is 1.00 bits per heavy atom. The lowest BCUT2D eigenvalue weighted by Gasteiger charge is -2.13. The predicted octanol–water partition coefficient (Wildman–Crippen LogP) is 4.02. The van der Waals surface area contributed by atoms with Gasteiger partial charge in [-0.1, -0.05) is 18.2 Å². The van der Waals surface area contributed by atoms with E-state index in [0.717, 1.165) is 16.7 Å². The SMILES string of the molecule is Cc1cc(C)c(S(=O)(=O)NCc2nc3cccnc3n2Cc2ccc(F)cc2)cc1C. The van der Waals surface area contributed by atoms with Crippen LogP contribution in [0.5, 0.6) is 0 Å². The first kappa shape index (κ1) is 21.1. The summed E-state index contributed by atoms with van der Waals surface area (Å²) in [7, 11) is -3.73. The fourth-order valence-electron chi connectivity index (χ4n) is 3.54. The second-order valence-electron chi connectivity index (χ2n) is 7.61. The molecule has 0 aliphatic rings. The fraction of sp³-hybridized carbons (Fsp3) is 0.217. The van der Waals surface area contributed by atoms with Crippen molar-refractivity contribution in [3.05, 3.63) is 88.6 Å². The van der Waals surface area contributed by atoms with E-state index in [-0.39, 0.29) is 17.3 Å². The van der Waals surface area contributed by atoms with E-state index in [9.17, 15) is 12.8 Å². The van der Waals surface area contributed by atoms with Crippen LogP contribution in [0, 0.1) is 26.6 Å². The highest BCUT2D eigenvalue weighted by Gasteiger charge is 2.20. The van der Waals surface area contributed by atoms with Gasteiger partial charge in [-0.2, -0.15) is 0 Å². The number of rotatable bonds is 6. The Hall–Kier alpha value is -3.10. The number of sulfonamides is 1. The fourth-order valence-corrected chi connectivity index (χ4v) is 4.83. The first-order valence-electron chi connectivity index (χ1n) is 9.87. The molecular formula is C23H23FN4O2S. The van der Waals surface area contributed by atoms with Crippen LogP contribution in [0.2, 0.25) is 0 Å². The predicted molar refractivity (Wildman–Crippen MR) is 118 cm³/mol. The normalized spacial score (nSPS) is 11.9. The van der Waals surface area contributed by atoms with Gasteiger partial charge in [0.25, 0.3) is 0 Å². The number of halogens is 1. The molecule has 6 nitrogen and oxygen atoms in total. The highest BCUT2D eigenvalue weighted by atomic mass is 32.2. The molecule has 0 spiro atoms. The topological polar surface area (TPSA) is 76.9 Å². The van der Waals surface area contributed by atoms with Crippen LogP contribution in [0.3, 0.4) is 0 Å². The Labute approximate surface area is 180 Å². The smallest absolute Gasteiger partial charge is 0.241 e. The van der Waals surface area contributed by atoms with Crippen LogP contribution in [0.1, 0.15) is 28.1 Å². The summed E-state index contributed by atoms with van der Waals surface area (Å²) in [6, 6.07) is 13.3. The Kier molecular flexibility index (Phi) is 5.60. The lowest BCUT2D eigenvalue weighted by atomic mass is 10.1. The number of nitrogens with zero attached hydrogens (tertiary/aromatic N) is 3. The Balaban J connectivity index is 1.67. The van der Waals surface area contributed by atoms with Crippen molar-refractivity contribution in [2.24, 2.45) is 0 Å². The summed E-state index contributed by atoms with van der Waals surface area (Å²) in [6.07, 6.45) is 1.66. The number of benzene rings is 2. The van der Waals surface area contributed by atoms with Gasteiger partial charge in [-0.05, 0) is 73.4 Å². The molecule has 0 aliphatic carbocycles. The van der Waals surface area contributed by atoms with E-state index in [2.05, 4.69) is 14.7 Å². The monoisotopic (exact) mass is 438 g/mol. The third kappa shape index (κ3) is 4.35. The third-order valence-electron chi connectivity index (χ3n) is 5.34.